The van der Waals surface area contributed by atoms with Crippen molar-refractivity contribution in [1.82, 2.24) is 10.6 Å². The van der Waals surface area contributed by atoms with E-state index in [0.717, 1.165) is 25.1 Å². The summed E-state index contributed by atoms with van der Waals surface area (Å²) in [6.45, 7) is 5.42. The average molecular weight is 299 g/mol. The SMILES string of the molecule is Cc1cccc(OCC(C)NC(=O)C2CCCN2)c1.Cl. The third kappa shape index (κ3) is 5.02. The number of rotatable bonds is 5. The zero-order valence-electron chi connectivity index (χ0n) is 12.0. The number of amides is 1. The monoisotopic (exact) mass is 298 g/mol. The van der Waals surface area contributed by atoms with E-state index in [9.17, 15) is 4.79 Å². The summed E-state index contributed by atoms with van der Waals surface area (Å²) in [5.74, 6) is 0.929. The van der Waals surface area contributed by atoms with E-state index in [2.05, 4.69) is 10.6 Å². The van der Waals surface area contributed by atoms with E-state index < -0.39 is 0 Å². The average Bonchev–Trinajstić information content (AvgIpc) is 2.90. The first kappa shape index (κ1) is 16.8. The number of halogens is 1. The summed E-state index contributed by atoms with van der Waals surface area (Å²) in [6.07, 6.45) is 2.00. The van der Waals surface area contributed by atoms with Gasteiger partial charge in [0.05, 0.1) is 12.1 Å². The molecule has 20 heavy (non-hydrogen) atoms. The molecule has 0 saturated carbocycles. The zero-order valence-corrected chi connectivity index (χ0v) is 12.8. The molecule has 1 aliphatic rings. The highest BCUT2D eigenvalue weighted by atomic mass is 35.5. The van der Waals surface area contributed by atoms with Crippen LogP contribution >= 0.6 is 12.4 Å². The second kappa shape index (κ2) is 8.12. The Bertz CT molecular complexity index is 434. The van der Waals surface area contributed by atoms with E-state index in [1.807, 2.05) is 38.1 Å². The predicted octanol–water partition coefficient (Wildman–Crippen LogP) is 2.05. The molecule has 4 nitrogen and oxygen atoms in total. The molecule has 0 bridgehead atoms. The number of benzene rings is 1. The van der Waals surface area contributed by atoms with Crippen LogP contribution < -0.4 is 15.4 Å². The van der Waals surface area contributed by atoms with E-state index >= 15 is 0 Å². The number of ether oxygens (including phenoxy) is 1. The molecule has 1 aliphatic heterocycles. The molecule has 0 spiro atoms. The summed E-state index contributed by atoms with van der Waals surface area (Å²) in [4.78, 5) is 11.9. The van der Waals surface area contributed by atoms with Crippen LogP contribution in [0.1, 0.15) is 25.3 Å². The molecule has 112 valence electrons. The van der Waals surface area contributed by atoms with Gasteiger partial charge in [0, 0.05) is 0 Å². The molecule has 0 radical (unpaired) electrons. The molecule has 1 aromatic carbocycles. The number of carbonyl (C=O) groups excluding carboxylic acids is 1. The highest BCUT2D eigenvalue weighted by molar-refractivity contribution is 5.85. The molecule has 1 fully saturated rings. The van der Waals surface area contributed by atoms with Crippen LogP contribution in [0.25, 0.3) is 0 Å². The maximum absolute atomic E-state index is 11.9. The van der Waals surface area contributed by atoms with Gasteiger partial charge in [-0.1, -0.05) is 12.1 Å². The van der Waals surface area contributed by atoms with Crippen molar-refractivity contribution >= 4 is 18.3 Å². The minimum absolute atomic E-state index is 0. The Morgan fingerprint density at radius 3 is 3.00 bits per heavy atom. The van der Waals surface area contributed by atoms with Crippen LogP contribution in [0.4, 0.5) is 0 Å². The van der Waals surface area contributed by atoms with Crippen LogP contribution in [0.3, 0.4) is 0 Å². The number of nitrogens with one attached hydrogen (secondary N) is 2. The lowest BCUT2D eigenvalue weighted by molar-refractivity contribution is -0.123. The van der Waals surface area contributed by atoms with Gasteiger partial charge in [0.1, 0.15) is 12.4 Å². The van der Waals surface area contributed by atoms with Crippen molar-refractivity contribution in [2.75, 3.05) is 13.2 Å². The lowest BCUT2D eigenvalue weighted by Gasteiger charge is -2.18. The molecule has 1 heterocycles. The first-order valence-corrected chi connectivity index (χ1v) is 6.88. The summed E-state index contributed by atoms with van der Waals surface area (Å²) in [5, 5.41) is 6.17. The first-order chi connectivity index (χ1) is 9.15. The van der Waals surface area contributed by atoms with Gasteiger partial charge in [0.25, 0.3) is 0 Å². The van der Waals surface area contributed by atoms with E-state index in [-0.39, 0.29) is 30.4 Å². The lowest BCUT2D eigenvalue weighted by atomic mass is 10.2. The van der Waals surface area contributed by atoms with Gasteiger partial charge < -0.3 is 15.4 Å². The van der Waals surface area contributed by atoms with Crippen molar-refractivity contribution in [1.29, 1.82) is 0 Å². The van der Waals surface area contributed by atoms with Gasteiger partial charge in [-0.3, -0.25) is 4.79 Å². The van der Waals surface area contributed by atoms with Gasteiger partial charge in [-0.05, 0) is 50.9 Å². The zero-order chi connectivity index (χ0) is 13.7. The molecule has 5 heteroatoms. The Hall–Kier alpha value is -1.26. The Morgan fingerprint density at radius 2 is 2.35 bits per heavy atom. The molecule has 2 atom stereocenters. The highest BCUT2D eigenvalue weighted by Gasteiger charge is 2.22. The molecule has 2 N–H and O–H groups in total. The third-order valence-corrected chi connectivity index (χ3v) is 3.25. The maximum Gasteiger partial charge on any atom is 0.237 e. The van der Waals surface area contributed by atoms with E-state index in [1.54, 1.807) is 0 Å². The molecule has 1 aromatic rings. The maximum atomic E-state index is 11.9. The second-order valence-electron chi connectivity index (χ2n) is 5.19. The predicted molar refractivity (Wildman–Crippen MR) is 82.6 cm³/mol. The van der Waals surface area contributed by atoms with E-state index in [1.165, 1.54) is 5.56 Å². The van der Waals surface area contributed by atoms with Crippen molar-refractivity contribution in [3.8, 4) is 5.75 Å². The van der Waals surface area contributed by atoms with Crippen molar-refractivity contribution in [2.45, 2.75) is 38.8 Å². The molecular formula is C15H23ClN2O2. The number of hydrogen-bond donors (Lipinski definition) is 2. The van der Waals surface area contributed by atoms with Gasteiger partial charge in [0.2, 0.25) is 5.91 Å². The van der Waals surface area contributed by atoms with Gasteiger partial charge in [-0.2, -0.15) is 0 Å². The number of aryl methyl sites for hydroxylation is 1. The minimum Gasteiger partial charge on any atom is -0.491 e. The molecule has 0 aliphatic carbocycles. The summed E-state index contributed by atoms with van der Waals surface area (Å²) in [5.41, 5.74) is 1.17. The number of carbonyl (C=O) groups is 1. The Kier molecular flexibility index (Phi) is 6.82. The quantitative estimate of drug-likeness (QED) is 0.875. The van der Waals surface area contributed by atoms with Gasteiger partial charge in [-0.25, -0.2) is 0 Å². The summed E-state index contributed by atoms with van der Waals surface area (Å²) < 4.78 is 5.68. The Balaban J connectivity index is 0.00000200. The number of hydrogen-bond acceptors (Lipinski definition) is 3. The normalized spacial score (nSPS) is 19.0. The summed E-state index contributed by atoms with van der Waals surface area (Å²) >= 11 is 0. The van der Waals surface area contributed by atoms with Crippen LogP contribution in [0, 0.1) is 6.92 Å². The molecule has 0 aromatic heterocycles. The Morgan fingerprint density at radius 1 is 1.55 bits per heavy atom. The van der Waals surface area contributed by atoms with E-state index in [4.69, 9.17) is 4.74 Å². The molecule has 2 rings (SSSR count). The van der Waals surface area contributed by atoms with Gasteiger partial charge >= 0.3 is 0 Å². The summed E-state index contributed by atoms with van der Waals surface area (Å²) in [6, 6.07) is 7.91. The third-order valence-electron chi connectivity index (χ3n) is 3.25. The topological polar surface area (TPSA) is 50.4 Å². The van der Waals surface area contributed by atoms with Crippen LogP contribution in [0.5, 0.6) is 5.75 Å². The minimum atomic E-state index is -0.0265. The van der Waals surface area contributed by atoms with Crippen LogP contribution in [0.2, 0.25) is 0 Å². The largest absolute Gasteiger partial charge is 0.491 e. The standard InChI is InChI=1S/C15H22N2O2.ClH/c1-11-5-3-6-13(9-11)19-10-12(2)17-15(18)14-7-4-8-16-14;/h3,5-6,9,12,14,16H,4,7-8,10H2,1-2H3,(H,17,18);1H. The van der Waals surface area contributed by atoms with Crippen LogP contribution in [-0.4, -0.2) is 31.1 Å². The summed E-state index contributed by atoms with van der Waals surface area (Å²) in [7, 11) is 0. The fourth-order valence-corrected chi connectivity index (χ4v) is 2.22. The van der Waals surface area contributed by atoms with Crippen LogP contribution in [0.15, 0.2) is 24.3 Å². The molecular weight excluding hydrogens is 276 g/mol. The van der Waals surface area contributed by atoms with Crippen molar-refractivity contribution in [3.05, 3.63) is 29.8 Å². The fraction of sp³-hybridized carbons (Fsp3) is 0.533. The Labute approximate surface area is 126 Å². The molecule has 1 amide bonds. The second-order valence-corrected chi connectivity index (χ2v) is 5.19. The van der Waals surface area contributed by atoms with Crippen molar-refractivity contribution < 1.29 is 9.53 Å². The molecule has 2 unspecified atom stereocenters. The molecule has 1 saturated heterocycles. The van der Waals surface area contributed by atoms with Gasteiger partial charge in [-0.15, -0.1) is 12.4 Å². The lowest BCUT2D eigenvalue weighted by Crippen LogP contribution is -2.46. The highest BCUT2D eigenvalue weighted by Crippen LogP contribution is 2.12. The fourth-order valence-electron chi connectivity index (χ4n) is 2.22. The van der Waals surface area contributed by atoms with Crippen LogP contribution in [-0.2, 0) is 4.79 Å². The van der Waals surface area contributed by atoms with Crippen molar-refractivity contribution in [2.24, 2.45) is 0 Å². The smallest absolute Gasteiger partial charge is 0.237 e. The van der Waals surface area contributed by atoms with Crippen molar-refractivity contribution in [3.63, 3.8) is 0 Å². The van der Waals surface area contributed by atoms with Gasteiger partial charge in [0.15, 0.2) is 0 Å². The first-order valence-electron chi connectivity index (χ1n) is 6.88. The van der Waals surface area contributed by atoms with E-state index in [0.29, 0.717) is 6.61 Å².